The second-order valence-corrected chi connectivity index (χ2v) is 8.29. The van der Waals surface area contributed by atoms with E-state index < -0.39 is 0 Å². The van der Waals surface area contributed by atoms with Crippen molar-refractivity contribution >= 4 is 49.1 Å². The van der Waals surface area contributed by atoms with Gasteiger partial charge in [0, 0.05) is 17.8 Å². The summed E-state index contributed by atoms with van der Waals surface area (Å²) in [7, 11) is 0. The number of fused-ring (bicyclic) bond motifs is 3. The molecule has 0 radical (unpaired) electrons. The number of thiophene rings is 1. The molecule has 0 saturated carbocycles. The Labute approximate surface area is 169 Å². The highest BCUT2D eigenvalue weighted by Crippen LogP contribution is 2.38. The SMILES string of the molecule is O=c1c2sc3nccc(N4CCC[C@@H]4CO)c3c2ncn1-c1ccc(Cl)cc1. The fourth-order valence-electron chi connectivity index (χ4n) is 3.90. The lowest BCUT2D eigenvalue weighted by Gasteiger charge is -2.25. The van der Waals surface area contributed by atoms with E-state index in [1.807, 2.05) is 6.07 Å². The number of aromatic nitrogens is 3. The van der Waals surface area contributed by atoms with Gasteiger partial charge < -0.3 is 10.0 Å². The van der Waals surface area contributed by atoms with E-state index in [-0.39, 0.29) is 18.2 Å². The molecule has 0 spiro atoms. The van der Waals surface area contributed by atoms with Gasteiger partial charge in [-0.05, 0) is 43.2 Å². The molecule has 142 valence electrons. The van der Waals surface area contributed by atoms with Crippen LogP contribution in [0.4, 0.5) is 5.69 Å². The van der Waals surface area contributed by atoms with Crippen molar-refractivity contribution in [3.05, 3.63) is 58.2 Å². The zero-order chi connectivity index (χ0) is 19.3. The average molecular weight is 413 g/mol. The molecule has 0 aliphatic carbocycles. The topological polar surface area (TPSA) is 71.2 Å². The number of aliphatic hydroxyl groups is 1. The number of anilines is 1. The van der Waals surface area contributed by atoms with Crippen molar-refractivity contribution in [3.8, 4) is 5.69 Å². The third-order valence-corrected chi connectivity index (χ3v) is 6.59. The molecule has 3 aromatic heterocycles. The first kappa shape index (κ1) is 17.6. The lowest BCUT2D eigenvalue weighted by atomic mass is 10.2. The van der Waals surface area contributed by atoms with Gasteiger partial charge in [-0.3, -0.25) is 9.36 Å². The maximum atomic E-state index is 13.2. The van der Waals surface area contributed by atoms with Gasteiger partial charge in [0.25, 0.3) is 5.56 Å². The van der Waals surface area contributed by atoms with Gasteiger partial charge >= 0.3 is 0 Å². The van der Waals surface area contributed by atoms with E-state index in [2.05, 4.69) is 14.9 Å². The zero-order valence-electron chi connectivity index (χ0n) is 14.9. The second-order valence-electron chi connectivity index (χ2n) is 6.86. The third kappa shape index (κ3) is 2.70. The minimum Gasteiger partial charge on any atom is -0.394 e. The number of nitrogens with zero attached hydrogens (tertiary/aromatic N) is 4. The fourth-order valence-corrected chi connectivity index (χ4v) is 5.08. The van der Waals surface area contributed by atoms with Crippen molar-refractivity contribution in [1.29, 1.82) is 0 Å². The summed E-state index contributed by atoms with van der Waals surface area (Å²) in [5.74, 6) is 0. The molecule has 1 aromatic carbocycles. The van der Waals surface area contributed by atoms with Gasteiger partial charge in [0.2, 0.25) is 0 Å². The predicted octanol–water partition coefficient (Wildman–Crippen LogP) is 3.61. The summed E-state index contributed by atoms with van der Waals surface area (Å²) in [6, 6.07) is 9.14. The molecule has 0 amide bonds. The van der Waals surface area contributed by atoms with Crippen LogP contribution in [0.2, 0.25) is 5.02 Å². The van der Waals surface area contributed by atoms with Gasteiger partial charge in [0.15, 0.2) is 0 Å². The van der Waals surface area contributed by atoms with Gasteiger partial charge in [-0.25, -0.2) is 9.97 Å². The lowest BCUT2D eigenvalue weighted by Crippen LogP contribution is -2.32. The van der Waals surface area contributed by atoms with E-state index >= 15 is 0 Å². The molecule has 6 nitrogen and oxygen atoms in total. The van der Waals surface area contributed by atoms with Crippen LogP contribution in [0, 0.1) is 0 Å². The smallest absolute Gasteiger partial charge is 0.275 e. The van der Waals surface area contributed by atoms with E-state index in [4.69, 9.17) is 11.6 Å². The largest absolute Gasteiger partial charge is 0.394 e. The normalized spacial score (nSPS) is 17.1. The molecule has 28 heavy (non-hydrogen) atoms. The summed E-state index contributed by atoms with van der Waals surface area (Å²) >= 11 is 7.32. The zero-order valence-corrected chi connectivity index (χ0v) is 16.5. The Morgan fingerprint density at radius 3 is 2.82 bits per heavy atom. The Hall–Kier alpha value is -2.48. The molecule has 1 saturated heterocycles. The number of aliphatic hydroxyl groups excluding tert-OH is 1. The molecule has 4 heterocycles. The standard InChI is InChI=1S/C20H17ClN4O2S/c21-12-3-5-13(6-4-12)25-11-23-17-16-15(24-9-1-2-14(24)10-26)7-8-22-19(16)28-18(17)20(25)27/h3-8,11,14,26H,1-2,9-10H2/t14-/m1/s1. The van der Waals surface area contributed by atoms with Gasteiger partial charge in [0.05, 0.1) is 29.4 Å². The van der Waals surface area contributed by atoms with Crippen LogP contribution in [0.5, 0.6) is 0 Å². The minimum absolute atomic E-state index is 0.0926. The summed E-state index contributed by atoms with van der Waals surface area (Å²) in [5, 5.41) is 11.2. The summed E-state index contributed by atoms with van der Waals surface area (Å²) in [4.78, 5) is 25.3. The number of hydrogen-bond donors (Lipinski definition) is 1. The van der Waals surface area contributed by atoms with Crippen molar-refractivity contribution in [3.63, 3.8) is 0 Å². The molecule has 4 aromatic rings. The number of halogens is 1. The van der Waals surface area contributed by atoms with Crippen molar-refractivity contribution in [2.75, 3.05) is 18.1 Å². The number of rotatable bonds is 3. The van der Waals surface area contributed by atoms with Crippen LogP contribution >= 0.6 is 22.9 Å². The van der Waals surface area contributed by atoms with Gasteiger partial charge in [-0.1, -0.05) is 11.6 Å². The first-order chi connectivity index (χ1) is 13.7. The van der Waals surface area contributed by atoms with Gasteiger partial charge in [0.1, 0.15) is 21.4 Å². The van der Waals surface area contributed by atoms with E-state index in [9.17, 15) is 9.90 Å². The second kappa shape index (κ2) is 6.84. The monoisotopic (exact) mass is 412 g/mol. The molecular weight excluding hydrogens is 396 g/mol. The molecule has 1 N–H and O–H groups in total. The molecule has 1 aliphatic rings. The minimum atomic E-state index is -0.124. The maximum Gasteiger partial charge on any atom is 0.275 e. The molecule has 0 unspecified atom stereocenters. The molecule has 1 fully saturated rings. The number of pyridine rings is 1. The average Bonchev–Trinajstić information content (AvgIpc) is 3.34. The molecule has 0 bridgehead atoms. The first-order valence-electron chi connectivity index (χ1n) is 9.09. The summed E-state index contributed by atoms with van der Waals surface area (Å²) in [6.07, 6.45) is 5.31. The molecule has 1 aliphatic heterocycles. The van der Waals surface area contributed by atoms with E-state index in [0.29, 0.717) is 20.9 Å². The Kier molecular flexibility index (Phi) is 4.30. The summed E-state index contributed by atoms with van der Waals surface area (Å²) in [6.45, 7) is 0.992. The predicted molar refractivity (Wildman–Crippen MR) is 113 cm³/mol. The van der Waals surface area contributed by atoms with Crippen molar-refractivity contribution < 1.29 is 5.11 Å². The maximum absolute atomic E-state index is 13.2. The number of benzene rings is 1. The van der Waals surface area contributed by atoms with E-state index in [1.165, 1.54) is 15.9 Å². The van der Waals surface area contributed by atoms with Crippen LogP contribution in [0.3, 0.4) is 0 Å². The Morgan fingerprint density at radius 1 is 1.21 bits per heavy atom. The summed E-state index contributed by atoms with van der Waals surface area (Å²) in [5.41, 5.74) is 2.25. The third-order valence-electron chi connectivity index (χ3n) is 5.26. The Morgan fingerprint density at radius 2 is 2.04 bits per heavy atom. The Balaban J connectivity index is 1.73. The van der Waals surface area contributed by atoms with Crippen molar-refractivity contribution in [1.82, 2.24) is 14.5 Å². The van der Waals surface area contributed by atoms with E-state index in [0.717, 1.165) is 35.3 Å². The highest BCUT2D eigenvalue weighted by atomic mass is 35.5. The van der Waals surface area contributed by atoms with Crippen molar-refractivity contribution in [2.45, 2.75) is 18.9 Å². The quantitative estimate of drug-likeness (QED) is 0.556. The van der Waals surface area contributed by atoms with Gasteiger partial charge in [-0.15, -0.1) is 11.3 Å². The molecule has 8 heteroatoms. The van der Waals surface area contributed by atoms with Gasteiger partial charge in [-0.2, -0.15) is 0 Å². The lowest BCUT2D eigenvalue weighted by molar-refractivity contribution is 0.266. The van der Waals surface area contributed by atoms with E-state index in [1.54, 1.807) is 36.8 Å². The van der Waals surface area contributed by atoms with Crippen LogP contribution in [0.25, 0.3) is 26.1 Å². The van der Waals surface area contributed by atoms with Crippen LogP contribution in [0.1, 0.15) is 12.8 Å². The van der Waals surface area contributed by atoms with Crippen LogP contribution in [-0.2, 0) is 0 Å². The molecular formula is C20H17ClN4O2S. The highest BCUT2D eigenvalue weighted by molar-refractivity contribution is 7.25. The molecule has 1 atom stereocenters. The number of hydrogen-bond acceptors (Lipinski definition) is 6. The molecule has 5 rings (SSSR count). The Bertz CT molecular complexity index is 1230. The van der Waals surface area contributed by atoms with Crippen LogP contribution < -0.4 is 10.5 Å². The van der Waals surface area contributed by atoms with Crippen molar-refractivity contribution in [2.24, 2.45) is 0 Å². The summed E-state index contributed by atoms with van der Waals surface area (Å²) < 4.78 is 2.10. The fraction of sp³-hybridized carbons (Fsp3) is 0.250. The van der Waals surface area contributed by atoms with Crippen LogP contribution in [0.15, 0.2) is 47.7 Å². The van der Waals surface area contributed by atoms with Crippen LogP contribution in [-0.4, -0.2) is 38.8 Å². The first-order valence-corrected chi connectivity index (χ1v) is 10.3. The highest BCUT2D eigenvalue weighted by Gasteiger charge is 2.27.